The van der Waals surface area contributed by atoms with Gasteiger partial charge in [0.15, 0.2) is 5.82 Å². The van der Waals surface area contributed by atoms with Crippen LogP contribution in [0.2, 0.25) is 0 Å². The Morgan fingerprint density at radius 2 is 2.19 bits per heavy atom. The fourth-order valence-corrected chi connectivity index (χ4v) is 2.65. The summed E-state index contributed by atoms with van der Waals surface area (Å²) in [5.41, 5.74) is -0.834. The van der Waals surface area contributed by atoms with E-state index in [1.54, 1.807) is 11.8 Å². The van der Waals surface area contributed by atoms with Crippen molar-refractivity contribution in [1.29, 1.82) is 0 Å². The Morgan fingerprint density at radius 3 is 2.71 bits per heavy atom. The molecule has 2 rings (SSSR count). The van der Waals surface area contributed by atoms with Gasteiger partial charge in [0.1, 0.15) is 11.6 Å². The lowest BCUT2D eigenvalue weighted by molar-refractivity contribution is -0.156. The zero-order valence-electron chi connectivity index (χ0n) is 12.9. The second-order valence-electron chi connectivity index (χ2n) is 5.96. The van der Waals surface area contributed by atoms with Gasteiger partial charge in [-0.3, -0.25) is 9.59 Å². The lowest BCUT2D eigenvalue weighted by Gasteiger charge is -2.45. The minimum Gasteiger partial charge on any atom is -0.343 e. The van der Waals surface area contributed by atoms with Gasteiger partial charge in [-0.25, -0.2) is 0 Å². The molecule has 7 heteroatoms. The molecule has 2 amide bonds. The molecule has 0 aromatic carbocycles. The maximum absolute atomic E-state index is 12.7. The van der Waals surface area contributed by atoms with E-state index in [9.17, 15) is 9.59 Å². The van der Waals surface area contributed by atoms with E-state index in [0.717, 1.165) is 0 Å². The average Bonchev–Trinajstić information content (AvgIpc) is 2.93. The predicted molar refractivity (Wildman–Crippen MR) is 75.2 cm³/mol. The van der Waals surface area contributed by atoms with Gasteiger partial charge in [0.25, 0.3) is 0 Å². The van der Waals surface area contributed by atoms with Crippen molar-refractivity contribution < 1.29 is 14.1 Å². The number of hydrogen-bond acceptors (Lipinski definition) is 5. The van der Waals surface area contributed by atoms with Crippen LogP contribution in [0.4, 0.5) is 0 Å². The van der Waals surface area contributed by atoms with E-state index >= 15 is 0 Å². The van der Waals surface area contributed by atoms with Gasteiger partial charge in [0, 0.05) is 13.0 Å². The molecule has 1 saturated heterocycles. The molecule has 116 valence electrons. The molecular formula is C14H22N4O3. The van der Waals surface area contributed by atoms with Crippen LogP contribution in [-0.2, 0) is 16.0 Å². The number of carbonyl (C=O) groups excluding carboxylic acids is 2. The van der Waals surface area contributed by atoms with Crippen molar-refractivity contribution in [2.75, 3.05) is 6.54 Å². The molecule has 0 bridgehead atoms. The van der Waals surface area contributed by atoms with Gasteiger partial charge in [-0.2, -0.15) is 4.98 Å². The summed E-state index contributed by atoms with van der Waals surface area (Å²) in [5, 5.41) is 6.61. The molecule has 1 aromatic rings. The summed E-state index contributed by atoms with van der Waals surface area (Å²) in [6.45, 7) is 7.95. The highest BCUT2D eigenvalue weighted by Gasteiger charge is 2.47. The van der Waals surface area contributed by atoms with Crippen LogP contribution < -0.4 is 5.32 Å². The zero-order chi connectivity index (χ0) is 15.6. The molecule has 0 radical (unpaired) electrons. The van der Waals surface area contributed by atoms with Crippen LogP contribution in [0.15, 0.2) is 10.9 Å². The first-order valence-corrected chi connectivity index (χ1v) is 7.27. The Hall–Kier alpha value is -1.92. The molecule has 0 spiro atoms. The lowest BCUT2D eigenvalue weighted by Crippen LogP contribution is -2.70. The number of aromatic nitrogens is 2. The van der Waals surface area contributed by atoms with Crippen LogP contribution in [0.25, 0.3) is 0 Å². The first kappa shape index (κ1) is 15.5. The number of piperazine rings is 1. The van der Waals surface area contributed by atoms with E-state index in [2.05, 4.69) is 15.5 Å². The standard InChI is InChI=1S/C14H22N4O3/c1-5-14(4)13(20)18(7-6-10-15-8-21-17-10)11(9(2)3)12(19)16-14/h8-9,11H,5-7H2,1-4H3,(H,16,19). The van der Waals surface area contributed by atoms with Gasteiger partial charge in [-0.05, 0) is 19.3 Å². The van der Waals surface area contributed by atoms with Crippen molar-refractivity contribution in [3.63, 3.8) is 0 Å². The molecule has 2 heterocycles. The van der Waals surface area contributed by atoms with Crippen LogP contribution >= 0.6 is 0 Å². The lowest BCUT2D eigenvalue weighted by atomic mass is 9.88. The minimum atomic E-state index is -0.834. The Labute approximate surface area is 124 Å². The van der Waals surface area contributed by atoms with Crippen molar-refractivity contribution in [2.24, 2.45) is 5.92 Å². The Kier molecular flexibility index (Phi) is 4.29. The van der Waals surface area contributed by atoms with E-state index < -0.39 is 11.6 Å². The van der Waals surface area contributed by atoms with Crippen molar-refractivity contribution in [1.82, 2.24) is 20.4 Å². The highest BCUT2D eigenvalue weighted by Crippen LogP contribution is 2.25. The quantitative estimate of drug-likeness (QED) is 0.866. The summed E-state index contributed by atoms with van der Waals surface area (Å²) in [7, 11) is 0. The first-order valence-electron chi connectivity index (χ1n) is 7.27. The minimum absolute atomic E-state index is 0.0422. The van der Waals surface area contributed by atoms with Crippen LogP contribution in [0.3, 0.4) is 0 Å². The van der Waals surface area contributed by atoms with E-state index in [4.69, 9.17) is 4.52 Å². The SMILES string of the molecule is CCC1(C)NC(=O)C(C(C)C)N(CCc2ncon2)C1=O. The van der Waals surface area contributed by atoms with Crippen molar-refractivity contribution in [2.45, 2.75) is 52.1 Å². The monoisotopic (exact) mass is 294 g/mol. The predicted octanol–water partition coefficient (Wildman–Crippen LogP) is 0.764. The molecule has 2 atom stereocenters. The molecule has 1 aliphatic heterocycles. The van der Waals surface area contributed by atoms with Crippen LogP contribution in [-0.4, -0.2) is 45.0 Å². The topological polar surface area (TPSA) is 88.3 Å². The molecule has 7 nitrogen and oxygen atoms in total. The second kappa shape index (κ2) is 5.83. The van der Waals surface area contributed by atoms with Gasteiger partial charge in [0.05, 0.1) is 0 Å². The molecule has 0 saturated carbocycles. The first-order chi connectivity index (χ1) is 9.89. The van der Waals surface area contributed by atoms with E-state index in [1.165, 1.54) is 6.39 Å². The maximum atomic E-state index is 12.7. The molecule has 1 N–H and O–H groups in total. The normalized spacial score (nSPS) is 26.3. The van der Waals surface area contributed by atoms with Crippen molar-refractivity contribution in [3.8, 4) is 0 Å². The zero-order valence-corrected chi connectivity index (χ0v) is 12.9. The van der Waals surface area contributed by atoms with E-state index in [-0.39, 0.29) is 17.7 Å². The largest absolute Gasteiger partial charge is 0.343 e. The highest BCUT2D eigenvalue weighted by atomic mass is 16.5. The number of amides is 2. The second-order valence-corrected chi connectivity index (χ2v) is 5.96. The summed E-state index contributed by atoms with van der Waals surface area (Å²) in [4.78, 5) is 30.7. The Morgan fingerprint density at radius 1 is 1.48 bits per heavy atom. The molecule has 1 fully saturated rings. The van der Waals surface area contributed by atoms with Gasteiger partial charge >= 0.3 is 0 Å². The van der Waals surface area contributed by atoms with Crippen molar-refractivity contribution >= 4 is 11.8 Å². The number of carbonyl (C=O) groups is 2. The van der Waals surface area contributed by atoms with Gasteiger partial charge < -0.3 is 14.7 Å². The summed E-state index contributed by atoms with van der Waals surface area (Å²) in [5.74, 6) is 0.434. The number of hydrogen-bond donors (Lipinski definition) is 1. The Balaban J connectivity index is 2.21. The Bertz CT molecular complexity index is 514. The third kappa shape index (κ3) is 2.91. The fraction of sp³-hybridized carbons (Fsp3) is 0.714. The molecule has 2 unspecified atom stereocenters. The summed E-state index contributed by atoms with van der Waals surface area (Å²) in [6, 6.07) is -0.455. The summed E-state index contributed by atoms with van der Waals surface area (Å²) in [6.07, 6.45) is 2.29. The molecule has 0 aliphatic carbocycles. The van der Waals surface area contributed by atoms with Gasteiger partial charge in [-0.1, -0.05) is 25.9 Å². The van der Waals surface area contributed by atoms with Gasteiger partial charge in [-0.15, -0.1) is 0 Å². The summed E-state index contributed by atoms with van der Waals surface area (Å²) < 4.78 is 4.69. The molecular weight excluding hydrogens is 272 g/mol. The maximum Gasteiger partial charge on any atom is 0.248 e. The van der Waals surface area contributed by atoms with Gasteiger partial charge in [0.2, 0.25) is 18.2 Å². The third-order valence-corrected chi connectivity index (χ3v) is 4.06. The average molecular weight is 294 g/mol. The van der Waals surface area contributed by atoms with Crippen LogP contribution in [0.1, 0.15) is 39.9 Å². The smallest absolute Gasteiger partial charge is 0.248 e. The highest BCUT2D eigenvalue weighted by molar-refractivity contribution is 5.99. The fourth-order valence-electron chi connectivity index (χ4n) is 2.65. The van der Waals surface area contributed by atoms with Crippen molar-refractivity contribution in [3.05, 3.63) is 12.2 Å². The van der Waals surface area contributed by atoms with E-state index in [0.29, 0.717) is 25.2 Å². The third-order valence-electron chi connectivity index (χ3n) is 4.06. The molecule has 1 aromatic heterocycles. The number of nitrogens with zero attached hydrogens (tertiary/aromatic N) is 3. The van der Waals surface area contributed by atoms with E-state index in [1.807, 2.05) is 20.8 Å². The van der Waals surface area contributed by atoms with Crippen LogP contribution in [0, 0.1) is 5.92 Å². The summed E-state index contributed by atoms with van der Waals surface area (Å²) >= 11 is 0. The molecule has 1 aliphatic rings. The number of nitrogens with one attached hydrogen (secondary N) is 1. The molecule has 21 heavy (non-hydrogen) atoms. The van der Waals surface area contributed by atoms with Crippen LogP contribution in [0.5, 0.6) is 0 Å². The number of rotatable bonds is 5.